The van der Waals surface area contributed by atoms with Gasteiger partial charge in [0.05, 0.1) is 6.33 Å². The molecule has 0 N–H and O–H groups in total. The maximum absolute atomic E-state index is 12.7. The number of nitrogens with zero attached hydrogens (tertiary/aromatic N) is 4. The van der Waals surface area contributed by atoms with Gasteiger partial charge in [-0.3, -0.25) is 4.90 Å². The summed E-state index contributed by atoms with van der Waals surface area (Å²) in [5.74, 6) is 0. The molecule has 27 heavy (non-hydrogen) atoms. The van der Waals surface area contributed by atoms with E-state index in [4.69, 9.17) is 4.74 Å². The molecular formula is C19H26N4O3S. The smallest absolute Gasteiger partial charge is 0.262 e. The molecule has 2 saturated heterocycles. The zero-order valence-corrected chi connectivity index (χ0v) is 16.4. The largest absolute Gasteiger partial charge is 0.381 e. The van der Waals surface area contributed by atoms with Crippen LogP contribution in [0.4, 0.5) is 0 Å². The summed E-state index contributed by atoms with van der Waals surface area (Å²) in [5, 5.41) is 0.129. The SMILES string of the molecule is Cn1cnc(S(=O)(=O)N2CC(N(Cc3ccccc3)C3CCOCC3)C2)c1. The van der Waals surface area contributed by atoms with Crippen LogP contribution in [0.1, 0.15) is 18.4 Å². The van der Waals surface area contributed by atoms with Crippen LogP contribution in [0.2, 0.25) is 0 Å². The van der Waals surface area contributed by atoms with Crippen LogP contribution in [0.25, 0.3) is 0 Å². The van der Waals surface area contributed by atoms with E-state index in [1.165, 1.54) is 16.2 Å². The summed E-state index contributed by atoms with van der Waals surface area (Å²) in [5.41, 5.74) is 1.26. The number of rotatable bonds is 6. The van der Waals surface area contributed by atoms with E-state index in [1.807, 2.05) is 6.07 Å². The molecule has 0 atom stereocenters. The normalized spacial score (nSPS) is 20.1. The Labute approximate surface area is 160 Å². The molecule has 146 valence electrons. The third-order valence-electron chi connectivity index (χ3n) is 5.45. The highest BCUT2D eigenvalue weighted by molar-refractivity contribution is 7.89. The number of benzene rings is 1. The first-order valence-corrected chi connectivity index (χ1v) is 10.8. The van der Waals surface area contributed by atoms with Crippen LogP contribution >= 0.6 is 0 Å². The highest BCUT2D eigenvalue weighted by Crippen LogP contribution is 2.28. The molecule has 2 aliphatic rings. The maximum Gasteiger partial charge on any atom is 0.262 e. The Balaban J connectivity index is 1.47. The van der Waals surface area contributed by atoms with Gasteiger partial charge in [0.2, 0.25) is 0 Å². The first-order chi connectivity index (χ1) is 13.0. The van der Waals surface area contributed by atoms with Crippen molar-refractivity contribution in [2.45, 2.75) is 36.5 Å². The molecule has 0 unspecified atom stereocenters. The predicted molar refractivity (Wildman–Crippen MR) is 102 cm³/mol. The molecule has 0 spiro atoms. The van der Waals surface area contributed by atoms with Crippen molar-refractivity contribution in [3.63, 3.8) is 0 Å². The summed E-state index contributed by atoms with van der Waals surface area (Å²) < 4.78 is 34.2. The Morgan fingerprint density at radius 1 is 1.15 bits per heavy atom. The van der Waals surface area contributed by atoms with Crippen molar-refractivity contribution in [2.24, 2.45) is 7.05 Å². The number of aryl methyl sites for hydroxylation is 1. The number of sulfonamides is 1. The summed E-state index contributed by atoms with van der Waals surface area (Å²) in [6.07, 6.45) is 5.07. The minimum atomic E-state index is -3.50. The van der Waals surface area contributed by atoms with Gasteiger partial charge in [0.1, 0.15) is 0 Å². The molecule has 2 aromatic rings. The van der Waals surface area contributed by atoms with E-state index in [9.17, 15) is 8.42 Å². The van der Waals surface area contributed by atoms with E-state index >= 15 is 0 Å². The summed E-state index contributed by atoms with van der Waals surface area (Å²) in [4.78, 5) is 6.50. The van der Waals surface area contributed by atoms with Gasteiger partial charge < -0.3 is 9.30 Å². The number of hydrogen-bond acceptors (Lipinski definition) is 5. The third kappa shape index (κ3) is 3.94. The van der Waals surface area contributed by atoms with Crippen molar-refractivity contribution in [3.8, 4) is 0 Å². The van der Waals surface area contributed by atoms with E-state index in [0.717, 1.165) is 32.6 Å². The third-order valence-corrected chi connectivity index (χ3v) is 7.17. The highest BCUT2D eigenvalue weighted by Gasteiger charge is 2.42. The Hall–Kier alpha value is -1.74. The van der Waals surface area contributed by atoms with Gasteiger partial charge >= 0.3 is 0 Å². The molecule has 7 nitrogen and oxygen atoms in total. The number of aromatic nitrogens is 2. The lowest BCUT2D eigenvalue weighted by atomic mass is 10.00. The van der Waals surface area contributed by atoms with Crippen molar-refractivity contribution in [2.75, 3.05) is 26.3 Å². The second kappa shape index (κ2) is 7.71. The van der Waals surface area contributed by atoms with Gasteiger partial charge in [-0.2, -0.15) is 4.31 Å². The van der Waals surface area contributed by atoms with E-state index in [2.05, 4.69) is 34.1 Å². The zero-order valence-electron chi connectivity index (χ0n) is 15.6. The molecule has 1 aromatic carbocycles. The van der Waals surface area contributed by atoms with Crippen molar-refractivity contribution >= 4 is 10.0 Å². The Kier molecular flexibility index (Phi) is 5.32. The number of imidazole rings is 1. The van der Waals surface area contributed by atoms with Crippen molar-refractivity contribution in [3.05, 3.63) is 48.4 Å². The lowest BCUT2D eigenvalue weighted by Gasteiger charge is -2.48. The fourth-order valence-electron chi connectivity index (χ4n) is 3.84. The van der Waals surface area contributed by atoms with Crippen LogP contribution in [0, 0.1) is 0 Å². The van der Waals surface area contributed by atoms with Gasteiger partial charge in [-0.05, 0) is 18.4 Å². The average molecular weight is 391 g/mol. The first kappa shape index (κ1) is 18.6. The van der Waals surface area contributed by atoms with Crippen molar-refractivity contribution < 1.29 is 13.2 Å². The van der Waals surface area contributed by atoms with E-state index < -0.39 is 10.0 Å². The molecule has 3 heterocycles. The van der Waals surface area contributed by atoms with Crippen LogP contribution < -0.4 is 0 Å². The molecule has 0 saturated carbocycles. The van der Waals surface area contributed by atoms with Crippen molar-refractivity contribution in [1.82, 2.24) is 18.8 Å². The van der Waals surface area contributed by atoms with Crippen LogP contribution in [0.15, 0.2) is 47.9 Å². The lowest BCUT2D eigenvalue weighted by molar-refractivity contribution is -0.0150. The van der Waals surface area contributed by atoms with Crippen molar-refractivity contribution in [1.29, 1.82) is 0 Å². The summed E-state index contributed by atoms with van der Waals surface area (Å²) in [6.45, 7) is 3.43. The highest BCUT2D eigenvalue weighted by atomic mass is 32.2. The minimum Gasteiger partial charge on any atom is -0.381 e. The molecule has 0 aliphatic carbocycles. The minimum absolute atomic E-state index is 0.129. The Morgan fingerprint density at radius 2 is 1.85 bits per heavy atom. The molecule has 0 amide bonds. The second-order valence-corrected chi connectivity index (χ2v) is 9.24. The molecule has 2 aliphatic heterocycles. The van der Waals surface area contributed by atoms with Gasteiger partial charge in [-0.15, -0.1) is 0 Å². The molecule has 8 heteroatoms. The molecule has 0 radical (unpaired) electrons. The molecular weight excluding hydrogens is 364 g/mol. The predicted octanol–water partition coefficient (Wildman–Crippen LogP) is 1.47. The number of hydrogen-bond donors (Lipinski definition) is 0. The molecule has 0 bridgehead atoms. The van der Waals surface area contributed by atoms with Crippen LogP contribution in [-0.2, 0) is 28.4 Å². The number of ether oxygens (including phenoxy) is 1. The molecule has 1 aromatic heterocycles. The van der Waals surface area contributed by atoms with Gasteiger partial charge in [0.25, 0.3) is 10.0 Å². The van der Waals surface area contributed by atoms with E-state index in [0.29, 0.717) is 19.1 Å². The van der Waals surface area contributed by atoms with Gasteiger partial charge in [0, 0.05) is 58.2 Å². The fourth-order valence-corrected chi connectivity index (χ4v) is 5.33. The standard InChI is InChI=1S/C19H26N4O3S/c1-21-14-19(20-15-21)27(24,25)22-12-18(13-22)23(17-7-9-26-10-8-17)11-16-5-3-2-4-6-16/h2-6,14-15,17-18H,7-13H2,1H3. The van der Waals surface area contributed by atoms with Crippen LogP contribution in [-0.4, -0.2) is 65.6 Å². The quantitative estimate of drug-likeness (QED) is 0.747. The zero-order chi connectivity index (χ0) is 18.9. The van der Waals surface area contributed by atoms with E-state index in [1.54, 1.807) is 17.8 Å². The average Bonchev–Trinajstić information content (AvgIpc) is 3.08. The molecule has 4 rings (SSSR count). The lowest BCUT2D eigenvalue weighted by Crippen LogP contribution is -2.63. The van der Waals surface area contributed by atoms with E-state index in [-0.39, 0.29) is 11.1 Å². The Bertz CT molecular complexity index is 856. The fraction of sp³-hybridized carbons (Fsp3) is 0.526. The van der Waals surface area contributed by atoms with Gasteiger partial charge in [-0.1, -0.05) is 30.3 Å². The van der Waals surface area contributed by atoms with Gasteiger partial charge in [-0.25, -0.2) is 13.4 Å². The monoisotopic (exact) mass is 390 g/mol. The summed E-state index contributed by atoms with van der Waals surface area (Å²) >= 11 is 0. The molecule has 2 fully saturated rings. The van der Waals surface area contributed by atoms with Crippen LogP contribution in [0.5, 0.6) is 0 Å². The first-order valence-electron chi connectivity index (χ1n) is 9.39. The summed E-state index contributed by atoms with van der Waals surface area (Å²) in [6, 6.07) is 11.1. The Morgan fingerprint density at radius 3 is 2.48 bits per heavy atom. The summed E-state index contributed by atoms with van der Waals surface area (Å²) in [7, 11) is -1.73. The second-order valence-electron chi connectivity index (χ2n) is 7.35. The van der Waals surface area contributed by atoms with Crippen LogP contribution in [0.3, 0.4) is 0 Å². The topological polar surface area (TPSA) is 67.7 Å². The van der Waals surface area contributed by atoms with Gasteiger partial charge in [0.15, 0.2) is 5.03 Å². The maximum atomic E-state index is 12.7.